The minimum atomic E-state index is -1.86. The van der Waals surface area contributed by atoms with Crippen LogP contribution in [0.2, 0.25) is 0 Å². The molecule has 0 aliphatic rings. The Morgan fingerprint density at radius 2 is 2.07 bits per heavy atom. The smallest absolute Gasteiger partial charge is 0.341 e. The molecular formula is C9H13FO4. The van der Waals surface area contributed by atoms with Crippen LogP contribution >= 0.6 is 0 Å². The van der Waals surface area contributed by atoms with Crippen molar-refractivity contribution in [3.05, 3.63) is 12.2 Å². The van der Waals surface area contributed by atoms with Crippen LogP contribution in [0.25, 0.3) is 0 Å². The molecule has 0 N–H and O–H groups in total. The maximum Gasteiger partial charge on any atom is 0.341 e. The van der Waals surface area contributed by atoms with E-state index in [0.717, 1.165) is 7.11 Å². The van der Waals surface area contributed by atoms with Crippen LogP contribution in [-0.4, -0.2) is 31.8 Å². The second kappa shape index (κ2) is 6.12. The topological polar surface area (TPSA) is 52.6 Å². The average Bonchev–Trinajstić information content (AvgIpc) is 2.16. The second-order valence-electron chi connectivity index (χ2n) is 2.52. The largest absolute Gasteiger partial charge is 0.466 e. The molecule has 0 rings (SSSR count). The third-order valence-corrected chi connectivity index (χ3v) is 1.44. The Hall–Kier alpha value is -1.39. The molecule has 0 fully saturated rings. The van der Waals surface area contributed by atoms with Gasteiger partial charge in [-0.2, -0.15) is 0 Å². The standard InChI is InChI=1S/C9H13FO4/c1-4-14-9(12)7(10)5-6(2)8(11)13-3/h7H,2,4-5H2,1,3H3/t7-/m0/s1. The summed E-state index contributed by atoms with van der Waals surface area (Å²) in [4.78, 5) is 21.6. The number of carbonyl (C=O) groups is 2. The number of hydrogen-bond donors (Lipinski definition) is 0. The van der Waals surface area contributed by atoms with E-state index in [0.29, 0.717) is 0 Å². The molecule has 0 radical (unpaired) electrons. The fourth-order valence-corrected chi connectivity index (χ4v) is 0.760. The van der Waals surface area contributed by atoms with Crippen LogP contribution in [0, 0.1) is 0 Å². The first kappa shape index (κ1) is 12.6. The summed E-state index contributed by atoms with van der Waals surface area (Å²) in [6.45, 7) is 4.96. The minimum Gasteiger partial charge on any atom is -0.466 e. The highest BCUT2D eigenvalue weighted by Gasteiger charge is 2.22. The first-order valence-corrected chi connectivity index (χ1v) is 4.09. The molecule has 0 aromatic rings. The van der Waals surface area contributed by atoms with E-state index >= 15 is 0 Å². The first-order valence-electron chi connectivity index (χ1n) is 4.09. The fourth-order valence-electron chi connectivity index (χ4n) is 0.760. The zero-order valence-electron chi connectivity index (χ0n) is 8.21. The lowest BCUT2D eigenvalue weighted by Gasteiger charge is -2.07. The predicted molar refractivity (Wildman–Crippen MR) is 47.3 cm³/mol. The summed E-state index contributed by atoms with van der Waals surface area (Å²) in [6, 6.07) is 0. The van der Waals surface area contributed by atoms with Gasteiger partial charge in [-0.3, -0.25) is 0 Å². The Kier molecular flexibility index (Phi) is 5.52. The highest BCUT2D eigenvalue weighted by Crippen LogP contribution is 2.09. The Bertz CT molecular complexity index is 237. The lowest BCUT2D eigenvalue weighted by Crippen LogP contribution is -2.21. The summed E-state index contributed by atoms with van der Waals surface area (Å²) in [7, 11) is 1.16. The molecule has 0 saturated heterocycles. The lowest BCUT2D eigenvalue weighted by atomic mass is 10.1. The lowest BCUT2D eigenvalue weighted by molar-refractivity contribution is -0.149. The van der Waals surface area contributed by atoms with Crippen LogP contribution < -0.4 is 0 Å². The molecule has 5 heteroatoms. The Morgan fingerprint density at radius 3 is 2.50 bits per heavy atom. The zero-order valence-corrected chi connectivity index (χ0v) is 8.21. The third kappa shape index (κ3) is 4.02. The first-order chi connectivity index (χ1) is 6.52. The minimum absolute atomic E-state index is 0.0898. The van der Waals surface area contributed by atoms with Gasteiger partial charge in [0.15, 0.2) is 0 Å². The molecule has 14 heavy (non-hydrogen) atoms. The second-order valence-corrected chi connectivity index (χ2v) is 2.52. The average molecular weight is 204 g/mol. The highest BCUT2D eigenvalue weighted by atomic mass is 19.1. The van der Waals surface area contributed by atoms with Gasteiger partial charge in [0.2, 0.25) is 6.17 Å². The number of ether oxygens (including phenoxy) is 2. The van der Waals surface area contributed by atoms with Crippen molar-refractivity contribution in [1.29, 1.82) is 0 Å². The molecule has 80 valence electrons. The van der Waals surface area contributed by atoms with Crippen molar-refractivity contribution in [3.8, 4) is 0 Å². The summed E-state index contributed by atoms with van der Waals surface area (Å²) in [5.41, 5.74) is -0.0898. The maximum atomic E-state index is 13.0. The summed E-state index contributed by atoms with van der Waals surface area (Å²) in [5.74, 6) is -1.71. The molecule has 0 spiro atoms. The van der Waals surface area contributed by atoms with E-state index in [-0.39, 0.29) is 12.2 Å². The third-order valence-electron chi connectivity index (χ3n) is 1.44. The highest BCUT2D eigenvalue weighted by molar-refractivity contribution is 5.89. The predicted octanol–water partition coefficient (Wildman–Crippen LogP) is 1.01. The van der Waals surface area contributed by atoms with Crippen molar-refractivity contribution >= 4 is 11.9 Å². The van der Waals surface area contributed by atoms with Gasteiger partial charge in [0, 0.05) is 12.0 Å². The van der Waals surface area contributed by atoms with E-state index < -0.39 is 24.5 Å². The van der Waals surface area contributed by atoms with Crippen LogP contribution in [0.5, 0.6) is 0 Å². The van der Waals surface area contributed by atoms with E-state index in [1.165, 1.54) is 0 Å². The van der Waals surface area contributed by atoms with E-state index in [1.54, 1.807) is 6.92 Å². The molecule has 0 saturated carbocycles. The number of methoxy groups -OCH3 is 1. The van der Waals surface area contributed by atoms with Gasteiger partial charge in [0.05, 0.1) is 13.7 Å². The molecular weight excluding hydrogens is 191 g/mol. The van der Waals surface area contributed by atoms with Crippen molar-refractivity contribution in [2.75, 3.05) is 13.7 Å². The molecule has 0 aromatic carbocycles. The van der Waals surface area contributed by atoms with Crippen LogP contribution in [0.4, 0.5) is 4.39 Å². The number of esters is 2. The van der Waals surface area contributed by atoms with Crippen LogP contribution in [0.3, 0.4) is 0 Å². The van der Waals surface area contributed by atoms with Gasteiger partial charge >= 0.3 is 11.9 Å². The molecule has 0 bridgehead atoms. The van der Waals surface area contributed by atoms with E-state index in [9.17, 15) is 14.0 Å². The number of alkyl halides is 1. The van der Waals surface area contributed by atoms with Gasteiger partial charge in [-0.05, 0) is 6.92 Å². The maximum absolute atomic E-state index is 13.0. The molecule has 1 atom stereocenters. The number of carbonyl (C=O) groups excluding carboxylic acids is 2. The molecule has 0 aliphatic carbocycles. The van der Waals surface area contributed by atoms with Gasteiger partial charge in [-0.25, -0.2) is 14.0 Å². The Balaban J connectivity index is 4.05. The summed E-state index contributed by atoms with van der Waals surface area (Å²) in [5, 5.41) is 0. The molecule has 4 nitrogen and oxygen atoms in total. The SMILES string of the molecule is C=C(C[C@H](F)C(=O)OCC)C(=O)OC. The van der Waals surface area contributed by atoms with Gasteiger partial charge in [0.25, 0.3) is 0 Å². The van der Waals surface area contributed by atoms with E-state index in [2.05, 4.69) is 16.1 Å². The van der Waals surface area contributed by atoms with Gasteiger partial charge < -0.3 is 9.47 Å². The van der Waals surface area contributed by atoms with E-state index in [4.69, 9.17) is 0 Å². The van der Waals surface area contributed by atoms with Gasteiger partial charge in [-0.15, -0.1) is 0 Å². The summed E-state index contributed by atoms with van der Waals surface area (Å²) >= 11 is 0. The molecule has 0 aliphatic heterocycles. The van der Waals surface area contributed by atoms with Crippen LogP contribution in [0.1, 0.15) is 13.3 Å². The van der Waals surface area contributed by atoms with Gasteiger partial charge in [0.1, 0.15) is 0 Å². The normalized spacial score (nSPS) is 11.6. The molecule has 0 heterocycles. The molecule has 0 unspecified atom stereocenters. The molecule has 0 aromatic heterocycles. The number of halogens is 1. The van der Waals surface area contributed by atoms with Crippen LogP contribution in [-0.2, 0) is 19.1 Å². The number of hydrogen-bond acceptors (Lipinski definition) is 4. The van der Waals surface area contributed by atoms with Gasteiger partial charge in [-0.1, -0.05) is 6.58 Å². The van der Waals surface area contributed by atoms with Crippen molar-refractivity contribution < 1.29 is 23.5 Å². The summed E-state index contributed by atoms with van der Waals surface area (Å²) in [6.07, 6.45) is -2.26. The van der Waals surface area contributed by atoms with Crippen molar-refractivity contribution in [1.82, 2.24) is 0 Å². The summed E-state index contributed by atoms with van der Waals surface area (Å²) < 4.78 is 21.7. The van der Waals surface area contributed by atoms with E-state index in [1.807, 2.05) is 0 Å². The number of rotatable bonds is 5. The quantitative estimate of drug-likeness (QED) is 0.495. The van der Waals surface area contributed by atoms with Crippen molar-refractivity contribution in [2.24, 2.45) is 0 Å². The zero-order chi connectivity index (χ0) is 11.1. The van der Waals surface area contributed by atoms with Crippen LogP contribution in [0.15, 0.2) is 12.2 Å². The Morgan fingerprint density at radius 1 is 1.50 bits per heavy atom. The van der Waals surface area contributed by atoms with Crippen molar-refractivity contribution in [3.63, 3.8) is 0 Å². The Labute approximate surface area is 81.7 Å². The monoisotopic (exact) mass is 204 g/mol. The van der Waals surface area contributed by atoms with Crippen molar-refractivity contribution in [2.45, 2.75) is 19.5 Å². The fraction of sp³-hybridized carbons (Fsp3) is 0.556. The molecule has 0 amide bonds.